The highest BCUT2D eigenvalue weighted by molar-refractivity contribution is 7.66. The topological polar surface area (TPSA) is 316 Å². The molecule has 1 aliphatic heterocycles. The van der Waals surface area contributed by atoms with E-state index in [0.717, 1.165) is 17.0 Å². The standard InChI is InChI=1S/C15H18N5O15P3/c16-12-7(4-17-14(23)18-12)1-2-8-5-20(15(24)19-13(8)22)11-3-9(21)10(33-11)6-32-37(28,29)35-38(30,31)34-36(25,26)27/h4-5,9-11,21H,3,6H2,(H,28,29)(H,30,31)(H,19,22,24)(H2,25,26,27)(H3,16,17,18,23)/t9-,10+,11+/m0/s1. The van der Waals surface area contributed by atoms with E-state index in [4.69, 9.17) is 25.2 Å². The van der Waals surface area contributed by atoms with Gasteiger partial charge >= 0.3 is 34.8 Å². The van der Waals surface area contributed by atoms with E-state index >= 15 is 0 Å². The lowest BCUT2D eigenvalue weighted by molar-refractivity contribution is -0.0450. The molecule has 38 heavy (non-hydrogen) atoms. The zero-order valence-corrected chi connectivity index (χ0v) is 21.1. The van der Waals surface area contributed by atoms with E-state index in [0.29, 0.717) is 0 Å². The van der Waals surface area contributed by atoms with Gasteiger partial charge < -0.3 is 35.2 Å². The molecule has 0 bridgehead atoms. The molecule has 23 heteroatoms. The minimum Gasteiger partial charge on any atom is -0.390 e. The summed E-state index contributed by atoms with van der Waals surface area (Å²) in [5.74, 6) is 4.81. The van der Waals surface area contributed by atoms with Crippen molar-refractivity contribution in [3.8, 4) is 11.8 Å². The van der Waals surface area contributed by atoms with Crippen molar-refractivity contribution in [3.05, 3.63) is 54.8 Å². The lowest BCUT2D eigenvalue weighted by Gasteiger charge is -2.19. The number of aromatic nitrogens is 4. The van der Waals surface area contributed by atoms with Crippen LogP contribution in [0.15, 0.2) is 26.8 Å². The Labute approximate surface area is 209 Å². The van der Waals surface area contributed by atoms with Crippen LogP contribution in [-0.2, 0) is 31.6 Å². The average molecular weight is 601 g/mol. The van der Waals surface area contributed by atoms with Gasteiger partial charge in [0, 0.05) is 12.6 Å². The highest BCUT2D eigenvalue weighted by atomic mass is 31.3. The highest BCUT2D eigenvalue weighted by Crippen LogP contribution is 2.66. The number of aliphatic hydroxyl groups excluding tert-OH is 1. The number of H-pyrrole nitrogens is 2. The second kappa shape index (κ2) is 11.2. The molecule has 1 aliphatic rings. The van der Waals surface area contributed by atoms with Crippen molar-refractivity contribution >= 4 is 29.3 Å². The SMILES string of the molecule is Nc1[nH]c(=O)ncc1C#Cc1cn([C@H]2C[C@H](O)[C@@H](COP(=O)(O)OP(=O)(O)OP(=O)(O)O)O2)c(=O)[nH]c1=O. The summed E-state index contributed by atoms with van der Waals surface area (Å²) in [6, 6.07) is 0. The third-order valence-corrected chi connectivity index (χ3v) is 8.28. The van der Waals surface area contributed by atoms with E-state index in [2.05, 4.69) is 35.0 Å². The number of hydrogen-bond acceptors (Lipinski definition) is 13. The lowest BCUT2D eigenvalue weighted by atomic mass is 10.2. The fraction of sp³-hybridized carbons (Fsp3) is 0.333. The molecular formula is C15H18N5O15P3. The maximum absolute atomic E-state index is 12.3. The van der Waals surface area contributed by atoms with Crippen molar-refractivity contribution in [1.29, 1.82) is 0 Å². The molecule has 20 nitrogen and oxygen atoms in total. The number of anilines is 1. The Balaban J connectivity index is 1.74. The number of nitrogens with zero attached hydrogens (tertiary/aromatic N) is 2. The number of hydrogen-bond donors (Lipinski definition) is 8. The van der Waals surface area contributed by atoms with Crippen LogP contribution in [0.5, 0.6) is 0 Å². The van der Waals surface area contributed by atoms with Crippen LogP contribution in [0.2, 0.25) is 0 Å². The summed E-state index contributed by atoms with van der Waals surface area (Å²) in [7, 11) is -16.8. The van der Waals surface area contributed by atoms with Crippen molar-refractivity contribution in [2.24, 2.45) is 0 Å². The zero-order valence-electron chi connectivity index (χ0n) is 18.4. The van der Waals surface area contributed by atoms with Crippen molar-refractivity contribution in [2.75, 3.05) is 12.3 Å². The summed E-state index contributed by atoms with van der Waals surface area (Å²) in [6.45, 7) is -0.968. The molecule has 2 aromatic heterocycles. The van der Waals surface area contributed by atoms with Gasteiger partial charge in [-0.25, -0.2) is 28.3 Å². The molecule has 0 radical (unpaired) electrons. The summed E-state index contributed by atoms with van der Waals surface area (Å²) < 4.78 is 51.7. The molecule has 2 aromatic rings. The van der Waals surface area contributed by atoms with Crippen molar-refractivity contribution in [2.45, 2.75) is 24.9 Å². The second-order valence-electron chi connectivity index (χ2n) is 7.29. The van der Waals surface area contributed by atoms with Gasteiger partial charge in [0.1, 0.15) is 23.7 Å². The molecule has 0 aromatic carbocycles. The van der Waals surface area contributed by atoms with Gasteiger partial charge in [0.05, 0.1) is 24.5 Å². The predicted molar refractivity (Wildman–Crippen MR) is 121 cm³/mol. The first-order chi connectivity index (χ1) is 17.4. The Morgan fingerprint density at radius 1 is 1.08 bits per heavy atom. The van der Waals surface area contributed by atoms with E-state index in [9.17, 15) is 38.1 Å². The molecule has 1 fully saturated rings. The van der Waals surface area contributed by atoms with Crippen LogP contribution in [0.3, 0.4) is 0 Å². The van der Waals surface area contributed by atoms with Crippen molar-refractivity contribution in [3.63, 3.8) is 0 Å². The van der Waals surface area contributed by atoms with Crippen LogP contribution in [0.4, 0.5) is 5.82 Å². The number of ether oxygens (including phenoxy) is 1. The summed E-state index contributed by atoms with van der Waals surface area (Å²) in [6.07, 6.45) is -2.38. The van der Waals surface area contributed by atoms with Gasteiger partial charge in [0.25, 0.3) is 5.56 Å². The molecular weight excluding hydrogens is 583 g/mol. The Hall–Kier alpha value is -2.75. The van der Waals surface area contributed by atoms with Gasteiger partial charge in [-0.3, -0.25) is 23.9 Å². The van der Waals surface area contributed by atoms with Gasteiger partial charge in [-0.15, -0.1) is 0 Å². The molecule has 3 rings (SSSR count). The molecule has 208 valence electrons. The van der Waals surface area contributed by atoms with Gasteiger partial charge in [0.2, 0.25) is 0 Å². The quantitative estimate of drug-likeness (QED) is 0.115. The summed E-state index contributed by atoms with van der Waals surface area (Å²) in [4.78, 5) is 79.0. The normalized spacial score (nSPS) is 22.7. The first-order valence-electron chi connectivity index (χ1n) is 9.79. The second-order valence-corrected chi connectivity index (χ2v) is 11.7. The minimum atomic E-state index is -5.75. The fourth-order valence-electron chi connectivity index (χ4n) is 2.94. The Morgan fingerprint density at radius 3 is 2.37 bits per heavy atom. The predicted octanol–water partition coefficient (Wildman–Crippen LogP) is -2.41. The number of nitrogen functional groups attached to an aromatic ring is 1. The van der Waals surface area contributed by atoms with Gasteiger partial charge in [0.15, 0.2) is 0 Å². The molecule has 0 saturated carbocycles. The van der Waals surface area contributed by atoms with E-state index in [1.807, 2.05) is 4.98 Å². The first kappa shape index (κ1) is 29.8. The zero-order chi connectivity index (χ0) is 28.5. The number of aromatic amines is 2. The van der Waals surface area contributed by atoms with Crippen LogP contribution in [0.1, 0.15) is 23.8 Å². The summed E-state index contributed by atoms with van der Waals surface area (Å²) in [5, 5.41) is 10.2. The number of nitrogens with one attached hydrogen (secondary N) is 2. The third-order valence-electron chi connectivity index (χ3n) is 4.47. The maximum atomic E-state index is 12.3. The minimum absolute atomic E-state index is 0.0702. The third kappa shape index (κ3) is 8.12. The fourth-order valence-corrected chi connectivity index (χ4v) is 5.97. The molecule has 9 N–H and O–H groups in total. The van der Waals surface area contributed by atoms with Gasteiger partial charge in [-0.05, 0) is 0 Å². The molecule has 0 spiro atoms. The van der Waals surface area contributed by atoms with Crippen molar-refractivity contribution < 1.29 is 56.3 Å². The van der Waals surface area contributed by atoms with E-state index < -0.39 is 65.4 Å². The Kier molecular flexibility index (Phi) is 8.75. The van der Waals surface area contributed by atoms with Crippen molar-refractivity contribution in [1.82, 2.24) is 19.5 Å². The van der Waals surface area contributed by atoms with Crippen LogP contribution in [0.25, 0.3) is 0 Å². The molecule has 5 atom stereocenters. The number of rotatable bonds is 8. The Bertz CT molecular complexity index is 1600. The lowest BCUT2D eigenvalue weighted by Crippen LogP contribution is -2.33. The largest absolute Gasteiger partial charge is 0.490 e. The molecule has 1 saturated heterocycles. The number of phosphoric ester groups is 1. The molecule has 3 heterocycles. The number of aliphatic hydroxyl groups is 1. The highest BCUT2D eigenvalue weighted by Gasteiger charge is 2.43. The first-order valence-corrected chi connectivity index (χ1v) is 14.3. The van der Waals surface area contributed by atoms with Crippen LogP contribution in [0, 0.1) is 11.8 Å². The molecule has 2 unspecified atom stereocenters. The van der Waals surface area contributed by atoms with Crippen LogP contribution in [-0.4, -0.2) is 63.0 Å². The van der Waals surface area contributed by atoms with E-state index in [1.165, 1.54) is 0 Å². The molecule has 0 aliphatic carbocycles. The monoisotopic (exact) mass is 601 g/mol. The van der Waals surface area contributed by atoms with E-state index in [-0.39, 0.29) is 23.4 Å². The van der Waals surface area contributed by atoms with Crippen LogP contribution >= 0.6 is 23.5 Å². The summed E-state index contributed by atoms with van der Waals surface area (Å²) in [5.41, 5.74) is 2.83. The maximum Gasteiger partial charge on any atom is 0.490 e. The van der Waals surface area contributed by atoms with Crippen LogP contribution < -0.4 is 22.7 Å². The number of phosphoric acid groups is 3. The smallest absolute Gasteiger partial charge is 0.390 e. The van der Waals surface area contributed by atoms with E-state index in [1.54, 1.807) is 0 Å². The van der Waals surface area contributed by atoms with Gasteiger partial charge in [-0.1, -0.05) is 11.8 Å². The average Bonchev–Trinajstić information content (AvgIpc) is 3.10. The molecule has 0 amide bonds. The summed E-state index contributed by atoms with van der Waals surface area (Å²) >= 11 is 0. The van der Waals surface area contributed by atoms with Gasteiger partial charge in [-0.2, -0.15) is 8.62 Å². The Morgan fingerprint density at radius 2 is 1.74 bits per heavy atom. The number of nitrogens with two attached hydrogens (primary N) is 1.